The number of hydrogen-bond donors (Lipinski definition) is 0. The molecule has 0 N–H and O–H groups in total. The molecule has 1 aromatic rings. The number of ether oxygens (including phenoxy) is 3. The van der Waals surface area contributed by atoms with Gasteiger partial charge >= 0.3 is 5.97 Å². The number of nitrogens with zero attached hydrogens (tertiary/aromatic N) is 1. The predicted molar refractivity (Wildman–Crippen MR) is 107 cm³/mol. The van der Waals surface area contributed by atoms with Crippen molar-refractivity contribution in [2.75, 3.05) is 20.8 Å². The average molecular weight is 373 g/mol. The van der Waals surface area contributed by atoms with Crippen LogP contribution in [0.5, 0.6) is 11.5 Å². The molecule has 0 aliphatic heterocycles. The Bertz CT molecular complexity index is 646. The number of methoxy groups -OCH3 is 2. The van der Waals surface area contributed by atoms with Gasteiger partial charge < -0.3 is 14.2 Å². The highest BCUT2D eigenvalue weighted by Crippen LogP contribution is 2.28. The van der Waals surface area contributed by atoms with E-state index in [9.17, 15) is 10.1 Å². The van der Waals surface area contributed by atoms with E-state index in [4.69, 9.17) is 14.2 Å². The highest BCUT2D eigenvalue weighted by molar-refractivity contribution is 5.97. The van der Waals surface area contributed by atoms with E-state index in [1.54, 1.807) is 25.3 Å². The minimum Gasteiger partial charge on any atom is -0.493 e. The minimum atomic E-state index is -0.588. The zero-order chi connectivity index (χ0) is 19.9. The summed E-state index contributed by atoms with van der Waals surface area (Å²) in [5.41, 5.74) is 0.648. The molecule has 0 atom stereocenters. The van der Waals surface area contributed by atoms with Crippen molar-refractivity contribution in [1.82, 2.24) is 0 Å². The molecule has 5 nitrogen and oxygen atoms in total. The Balaban J connectivity index is 2.44. The number of hydrogen-bond acceptors (Lipinski definition) is 5. The third-order valence-corrected chi connectivity index (χ3v) is 4.29. The van der Waals surface area contributed by atoms with Crippen molar-refractivity contribution < 1.29 is 19.0 Å². The Labute approximate surface area is 162 Å². The van der Waals surface area contributed by atoms with Gasteiger partial charge in [0.1, 0.15) is 11.6 Å². The van der Waals surface area contributed by atoms with Gasteiger partial charge in [-0.1, -0.05) is 57.9 Å². The van der Waals surface area contributed by atoms with Gasteiger partial charge in [0.25, 0.3) is 0 Å². The third kappa shape index (κ3) is 8.63. The van der Waals surface area contributed by atoms with Crippen LogP contribution in [0.15, 0.2) is 23.8 Å². The number of nitriles is 1. The predicted octanol–water partition coefficient (Wildman–Crippen LogP) is 5.29. The molecule has 0 spiro atoms. The van der Waals surface area contributed by atoms with Crippen LogP contribution in [0.3, 0.4) is 0 Å². The van der Waals surface area contributed by atoms with E-state index in [2.05, 4.69) is 6.92 Å². The van der Waals surface area contributed by atoms with Gasteiger partial charge in [0.15, 0.2) is 11.5 Å². The Morgan fingerprint density at radius 1 is 1.00 bits per heavy atom. The summed E-state index contributed by atoms with van der Waals surface area (Å²) in [6.45, 7) is 2.56. The van der Waals surface area contributed by atoms with Gasteiger partial charge in [0, 0.05) is 0 Å². The molecule has 0 fully saturated rings. The number of carbonyl (C=O) groups excluding carboxylic acids is 1. The molecule has 0 heterocycles. The van der Waals surface area contributed by atoms with E-state index >= 15 is 0 Å². The van der Waals surface area contributed by atoms with Gasteiger partial charge in [-0.25, -0.2) is 4.79 Å². The van der Waals surface area contributed by atoms with Crippen LogP contribution in [0.1, 0.15) is 63.9 Å². The first-order valence-electron chi connectivity index (χ1n) is 9.67. The molecule has 0 unspecified atom stereocenters. The lowest BCUT2D eigenvalue weighted by molar-refractivity contribution is -0.138. The molecule has 27 heavy (non-hydrogen) atoms. The lowest BCUT2D eigenvalue weighted by Crippen LogP contribution is -2.08. The number of esters is 1. The maximum absolute atomic E-state index is 12.1. The van der Waals surface area contributed by atoms with Crippen LogP contribution < -0.4 is 9.47 Å². The number of carbonyl (C=O) groups is 1. The van der Waals surface area contributed by atoms with Gasteiger partial charge in [-0.2, -0.15) is 5.26 Å². The van der Waals surface area contributed by atoms with Gasteiger partial charge in [-0.05, 0) is 30.2 Å². The summed E-state index contributed by atoms with van der Waals surface area (Å²) in [5.74, 6) is 0.538. The fraction of sp³-hybridized carbons (Fsp3) is 0.545. The van der Waals surface area contributed by atoms with Crippen LogP contribution >= 0.6 is 0 Å². The summed E-state index contributed by atoms with van der Waals surface area (Å²) >= 11 is 0. The van der Waals surface area contributed by atoms with Crippen molar-refractivity contribution in [3.8, 4) is 17.6 Å². The molecule has 0 saturated heterocycles. The molecule has 0 bridgehead atoms. The Hall–Kier alpha value is -2.48. The summed E-state index contributed by atoms with van der Waals surface area (Å²) in [6, 6.07) is 7.10. The third-order valence-electron chi connectivity index (χ3n) is 4.29. The minimum absolute atomic E-state index is 0.0261. The average Bonchev–Trinajstić information content (AvgIpc) is 2.70. The van der Waals surface area contributed by atoms with E-state index in [1.807, 2.05) is 6.07 Å². The van der Waals surface area contributed by atoms with Crippen molar-refractivity contribution in [3.05, 3.63) is 29.3 Å². The van der Waals surface area contributed by atoms with Crippen molar-refractivity contribution in [1.29, 1.82) is 5.26 Å². The number of rotatable bonds is 13. The van der Waals surface area contributed by atoms with Crippen LogP contribution in [0.25, 0.3) is 6.08 Å². The van der Waals surface area contributed by atoms with E-state index in [-0.39, 0.29) is 5.57 Å². The summed E-state index contributed by atoms with van der Waals surface area (Å²) in [6.07, 6.45) is 10.9. The molecule has 1 aromatic carbocycles. The highest BCUT2D eigenvalue weighted by Gasteiger charge is 2.11. The molecule has 0 saturated carbocycles. The monoisotopic (exact) mass is 373 g/mol. The van der Waals surface area contributed by atoms with Gasteiger partial charge in [-0.15, -0.1) is 0 Å². The standard InChI is InChI=1S/C22H31NO4/c1-4-5-6-7-8-9-10-11-14-27-22(24)19(17-23)15-18-12-13-20(25-2)21(16-18)26-3/h12-13,15-16H,4-11,14H2,1-3H3. The first-order chi connectivity index (χ1) is 13.2. The molecule has 0 aliphatic rings. The second-order valence-corrected chi connectivity index (χ2v) is 6.40. The summed E-state index contributed by atoms with van der Waals surface area (Å²) in [5, 5.41) is 9.25. The maximum Gasteiger partial charge on any atom is 0.348 e. The zero-order valence-electron chi connectivity index (χ0n) is 16.8. The Kier molecular flexibility index (Phi) is 11.4. The molecule has 0 aromatic heterocycles. The van der Waals surface area contributed by atoms with Crippen molar-refractivity contribution in [2.45, 2.75) is 58.3 Å². The van der Waals surface area contributed by atoms with Crippen LogP contribution in [-0.4, -0.2) is 26.8 Å². The highest BCUT2D eigenvalue weighted by atomic mass is 16.5. The fourth-order valence-electron chi connectivity index (χ4n) is 2.72. The molecular formula is C22H31NO4. The topological polar surface area (TPSA) is 68.6 Å². The van der Waals surface area contributed by atoms with Gasteiger partial charge in [-0.3, -0.25) is 0 Å². The molecule has 0 aliphatic carbocycles. The van der Waals surface area contributed by atoms with Crippen LogP contribution in [0.2, 0.25) is 0 Å². The molecule has 148 valence electrons. The normalized spacial score (nSPS) is 11.0. The first kappa shape index (κ1) is 22.6. The molecule has 1 rings (SSSR count). The second-order valence-electron chi connectivity index (χ2n) is 6.40. The Morgan fingerprint density at radius 2 is 1.63 bits per heavy atom. The molecule has 0 amide bonds. The summed E-state index contributed by atoms with van der Waals surface area (Å²) in [4.78, 5) is 12.1. The largest absolute Gasteiger partial charge is 0.493 e. The van der Waals surface area contributed by atoms with Gasteiger partial charge in [0.05, 0.1) is 20.8 Å². The maximum atomic E-state index is 12.1. The van der Waals surface area contributed by atoms with Crippen molar-refractivity contribution in [2.24, 2.45) is 0 Å². The fourth-order valence-corrected chi connectivity index (χ4v) is 2.72. The molecular weight excluding hydrogens is 342 g/mol. The van der Waals surface area contributed by atoms with Gasteiger partial charge in [0.2, 0.25) is 0 Å². The zero-order valence-corrected chi connectivity index (χ0v) is 16.8. The van der Waals surface area contributed by atoms with Crippen molar-refractivity contribution in [3.63, 3.8) is 0 Å². The van der Waals surface area contributed by atoms with Crippen LogP contribution in [0.4, 0.5) is 0 Å². The van der Waals surface area contributed by atoms with E-state index in [0.717, 1.165) is 19.3 Å². The molecule has 0 radical (unpaired) electrons. The van der Waals surface area contributed by atoms with Crippen molar-refractivity contribution >= 4 is 12.0 Å². The van der Waals surface area contributed by atoms with E-state index in [1.165, 1.54) is 45.3 Å². The number of benzene rings is 1. The SMILES string of the molecule is CCCCCCCCCCOC(=O)C(C#N)=Cc1ccc(OC)c(OC)c1. The van der Waals surface area contributed by atoms with Crippen LogP contribution in [0, 0.1) is 11.3 Å². The lowest BCUT2D eigenvalue weighted by atomic mass is 10.1. The summed E-state index contributed by atoms with van der Waals surface area (Å²) in [7, 11) is 3.09. The smallest absolute Gasteiger partial charge is 0.348 e. The van der Waals surface area contributed by atoms with E-state index < -0.39 is 5.97 Å². The quantitative estimate of drug-likeness (QED) is 0.203. The lowest BCUT2D eigenvalue weighted by Gasteiger charge is -2.08. The number of unbranched alkanes of at least 4 members (excludes halogenated alkanes) is 7. The second kappa shape index (κ2) is 13.7. The van der Waals surface area contributed by atoms with Crippen LogP contribution in [-0.2, 0) is 9.53 Å². The van der Waals surface area contributed by atoms with E-state index in [0.29, 0.717) is 23.7 Å². The Morgan fingerprint density at radius 3 is 2.22 bits per heavy atom. The molecule has 5 heteroatoms. The first-order valence-corrected chi connectivity index (χ1v) is 9.67. The summed E-state index contributed by atoms with van der Waals surface area (Å²) < 4.78 is 15.6.